The van der Waals surface area contributed by atoms with Gasteiger partial charge in [-0.2, -0.15) is 0 Å². The first-order valence-corrected chi connectivity index (χ1v) is 13.0. The lowest BCUT2D eigenvalue weighted by Crippen LogP contribution is -2.67. The summed E-state index contributed by atoms with van der Waals surface area (Å²) in [5.41, 5.74) is -0.615. The van der Waals surface area contributed by atoms with Gasteiger partial charge in [0.15, 0.2) is 0 Å². The molecule has 2 bridgehead atoms. The molecule has 0 saturated heterocycles. The molecule has 5 aliphatic rings. The first-order chi connectivity index (χ1) is 13.0. The van der Waals surface area contributed by atoms with Crippen LogP contribution in [0.5, 0.6) is 0 Å². The third-order valence-corrected chi connectivity index (χ3v) is 10.6. The summed E-state index contributed by atoms with van der Waals surface area (Å²) in [6.45, 7) is 4.44. The summed E-state index contributed by atoms with van der Waals surface area (Å²) < 4.78 is 29.2. The number of esters is 1. The van der Waals surface area contributed by atoms with E-state index >= 15 is 0 Å². The molecule has 8 atom stereocenters. The quantitative estimate of drug-likeness (QED) is 0.720. The Balaban J connectivity index is 1.70. The maximum absolute atomic E-state index is 12.7. The second-order valence-corrected chi connectivity index (χ2v) is 13.1. The SMILES string of the molecule is COC(=O)[C@]1(C)CCC[C@@]2(C)C3CC4CCC3(CCC21)C(O)C4CS(C)(=O)=O. The highest BCUT2D eigenvalue weighted by molar-refractivity contribution is 7.90. The van der Waals surface area contributed by atoms with Gasteiger partial charge in [-0.1, -0.05) is 13.3 Å². The maximum Gasteiger partial charge on any atom is 0.311 e. The fourth-order valence-electron chi connectivity index (χ4n) is 8.53. The Bertz CT molecular complexity index is 763. The predicted octanol–water partition coefficient (Wildman–Crippen LogP) is 3.20. The van der Waals surface area contributed by atoms with Gasteiger partial charge in [0, 0.05) is 12.2 Å². The van der Waals surface area contributed by atoms with E-state index in [9.17, 15) is 18.3 Å². The van der Waals surface area contributed by atoms with Gasteiger partial charge in [-0.15, -0.1) is 0 Å². The van der Waals surface area contributed by atoms with Crippen LogP contribution in [0.4, 0.5) is 0 Å². The monoisotopic (exact) mass is 412 g/mol. The van der Waals surface area contributed by atoms with Crippen LogP contribution in [0.2, 0.25) is 0 Å². The molecule has 6 unspecified atom stereocenters. The Morgan fingerprint density at radius 2 is 1.79 bits per heavy atom. The summed E-state index contributed by atoms with van der Waals surface area (Å²) in [6.07, 6.45) is 8.59. The summed E-state index contributed by atoms with van der Waals surface area (Å²) in [5, 5.41) is 11.4. The van der Waals surface area contributed by atoms with Gasteiger partial charge in [0.05, 0.1) is 24.4 Å². The molecular weight excluding hydrogens is 376 g/mol. The molecule has 1 spiro atoms. The number of hydrogen-bond donors (Lipinski definition) is 1. The Hall–Kier alpha value is -0.620. The van der Waals surface area contributed by atoms with Crippen LogP contribution in [0, 0.1) is 39.9 Å². The van der Waals surface area contributed by atoms with Crippen molar-refractivity contribution in [3.05, 3.63) is 0 Å². The van der Waals surface area contributed by atoms with Crippen molar-refractivity contribution in [2.24, 2.45) is 39.9 Å². The predicted molar refractivity (Wildman–Crippen MR) is 107 cm³/mol. The van der Waals surface area contributed by atoms with Gasteiger partial charge in [-0.3, -0.25) is 4.79 Å². The van der Waals surface area contributed by atoms with Gasteiger partial charge in [-0.05, 0) is 80.5 Å². The van der Waals surface area contributed by atoms with Crippen molar-refractivity contribution >= 4 is 15.8 Å². The van der Waals surface area contributed by atoms with Crippen LogP contribution in [-0.4, -0.2) is 44.7 Å². The molecule has 0 aromatic carbocycles. The molecule has 5 fully saturated rings. The van der Waals surface area contributed by atoms with Crippen molar-refractivity contribution < 1.29 is 23.1 Å². The van der Waals surface area contributed by atoms with Crippen molar-refractivity contribution in [2.75, 3.05) is 19.1 Å². The lowest BCUT2D eigenvalue weighted by atomic mass is 9.35. The van der Waals surface area contributed by atoms with Crippen LogP contribution in [0.15, 0.2) is 0 Å². The topological polar surface area (TPSA) is 80.7 Å². The van der Waals surface area contributed by atoms with E-state index in [4.69, 9.17) is 4.74 Å². The molecule has 6 heteroatoms. The van der Waals surface area contributed by atoms with E-state index in [-0.39, 0.29) is 40.3 Å². The normalized spacial score (nSPS) is 50.5. The molecule has 1 N–H and O–H groups in total. The first-order valence-electron chi connectivity index (χ1n) is 10.9. The highest BCUT2D eigenvalue weighted by Gasteiger charge is 2.68. The van der Waals surface area contributed by atoms with E-state index in [0.717, 1.165) is 51.4 Å². The van der Waals surface area contributed by atoms with E-state index in [1.54, 1.807) is 0 Å². The lowest BCUT2D eigenvalue weighted by Gasteiger charge is -2.70. The fraction of sp³-hybridized carbons (Fsp3) is 0.955. The molecule has 0 aromatic rings. The van der Waals surface area contributed by atoms with Gasteiger partial charge >= 0.3 is 5.97 Å². The smallest absolute Gasteiger partial charge is 0.311 e. The summed E-state index contributed by atoms with van der Waals surface area (Å²) in [7, 11) is -1.62. The molecular formula is C22H36O5S. The minimum atomic E-state index is -3.11. The second-order valence-electron chi connectivity index (χ2n) is 10.9. The number of sulfone groups is 1. The van der Waals surface area contributed by atoms with Crippen LogP contribution in [0.25, 0.3) is 0 Å². The molecule has 5 aliphatic carbocycles. The highest BCUT2D eigenvalue weighted by Crippen LogP contribution is 2.72. The van der Waals surface area contributed by atoms with Crippen LogP contribution in [0.1, 0.15) is 65.2 Å². The average molecular weight is 413 g/mol. The third kappa shape index (κ3) is 2.73. The fourth-order valence-corrected chi connectivity index (χ4v) is 9.68. The van der Waals surface area contributed by atoms with E-state index in [2.05, 4.69) is 13.8 Å². The number of rotatable bonds is 3. The maximum atomic E-state index is 12.7. The number of carbonyl (C=O) groups is 1. The standard InChI is InChI=1S/C22H36O5S/c1-20-8-5-9-21(2,19(24)27-3)16(20)7-11-22-10-6-14(12-17(20)22)15(18(22)23)13-28(4,25)26/h14-18,23H,5-13H2,1-4H3/t14?,15?,16?,17?,18?,20-,21-,22?/m1/s1. The number of ether oxygens (including phenoxy) is 1. The van der Waals surface area contributed by atoms with E-state index in [1.807, 2.05) is 0 Å². The Morgan fingerprint density at radius 1 is 1.11 bits per heavy atom. The Labute approximate surface area is 169 Å². The van der Waals surface area contributed by atoms with Crippen molar-refractivity contribution in [3.8, 4) is 0 Å². The molecule has 0 aromatic heterocycles. The second kappa shape index (κ2) is 6.44. The lowest BCUT2D eigenvalue weighted by molar-refractivity contribution is -0.242. The van der Waals surface area contributed by atoms with Crippen LogP contribution < -0.4 is 0 Å². The number of carbonyl (C=O) groups excluding carboxylic acids is 1. The van der Waals surface area contributed by atoms with E-state index < -0.39 is 21.4 Å². The zero-order valence-corrected chi connectivity index (χ0v) is 18.6. The molecule has 0 heterocycles. The van der Waals surface area contributed by atoms with Crippen molar-refractivity contribution in [2.45, 2.75) is 71.3 Å². The Morgan fingerprint density at radius 3 is 2.43 bits per heavy atom. The average Bonchev–Trinajstić information content (AvgIpc) is 2.62. The molecule has 0 radical (unpaired) electrons. The number of aliphatic hydroxyl groups is 1. The number of methoxy groups -OCH3 is 1. The van der Waals surface area contributed by atoms with Crippen LogP contribution in [-0.2, 0) is 19.4 Å². The summed E-state index contributed by atoms with van der Waals surface area (Å²) in [6, 6.07) is 0. The number of hydrogen-bond acceptors (Lipinski definition) is 5. The van der Waals surface area contributed by atoms with Crippen molar-refractivity contribution in [1.29, 1.82) is 0 Å². The Kier molecular flexibility index (Phi) is 4.75. The first kappa shape index (κ1) is 20.6. The molecule has 5 rings (SSSR count). The minimum absolute atomic E-state index is 0.00908. The zero-order valence-electron chi connectivity index (χ0n) is 17.7. The van der Waals surface area contributed by atoms with E-state index in [0.29, 0.717) is 5.92 Å². The molecule has 160 valence electrons. The molecule has 5 saturated carbocycles. The summed E-state index contributed by atoms with van der Waals surface area (Å²) in [5.74, 6) is 0.808. The van der Waals surface area contributed by atoms with Gasteiger partial charge in [0.2, 0.25) is 0 Å². The largest absolute Gasteiger partial charge is 0.469 e. The van der Waals surface area contributed by atoms with Gasteiger partial charge < -0.3 is 9.84 Å². The van der Waals surface area contributed by atoms with Gasteiger partial charge in [0.25, 0.3) is 0 Å². The molecule has 0 aliphatic heterocycles. The van der Waals surface area contributed by atoms with Crippen LogP contribution >= 0.6 is 0 Å². The summed E-state index contributed by atoms with van der Waals surface area (Å²) >= 11 is 0. The van der Waals surface area contributed by atoms with Gasteiger partial charge in [0.1, 0.15) is 9.84 Å². The minimum Gasteiger partial charge on any atom is -0.469 e. The van der Waals surface area contributed by atoms with Crippen LogP contribution in [0.3, 0.4) is 0 Å². The molecule has 28 heavy (non-hydrogen) atoms. The van der Waals surface area contributed by atoms with E-state index in [1.165, 1.54) is 13.4 Å². The van der Waals surface area contributed by atoms with Crippen molar-refractivity contribution in [1.82, 2.24) is 0 Å². The third-order valence-electron chi connectivity index (χ3n) is 9.63. The molecule has 5 nitrogen and oxygen atoms in total. The number of fused-ring (bicyclic) bond motifs is 3. The van der Waals surface area contributed by atoms with Crippen molar-refractivity contribution in [3.63, 3.8) is 0 Å². The highest BCUT2D eigenvalue weighted by atomic mass is 32.2. The summed E-state index contributed by atoms with van der Waals surface area (Å²) in [4.78, 5) is 12.7. The number of aliphatic hydroxyl groups excluding tert-OH is 1. The molecule has 0 amide bonds. The zero-order chi connectivity index (χ0) is 20.5. The van der Waals surface area contributed by atoms with Gasteiger partial charge in [-0.25, -0.2) is 8.42 Å².